The Bertz CT molecular complexity index is 941. The average molecular weight is 494 g/mol. The Morgan fingerprint density at radius 3 is 2.55 bits per heavy atom. The summed E-state index contributed by atoms with van der Waals surface area (Å²) in [4.78, 5) is 30.8. The van der Waals surface area contributed by atoms with E-state index >= 15 is 0 Å². The molecule has 1 fully saturated rings. The summed E-state index contributed by atoms with van der Waals surface area (Å²) in [5.41, 5.74) is 1.05. The number of hydrogen-bond acceptors (Lipinski definition) is 5. The summed E-state index contributed by atoms with van der Waals surface area (Å²) in [5.74, 6) is -0.462. The molecule has 1 aromatic heterocycles. The van der Waals surface area contributed by atoms with Crippen molar-refractivity contribution in [2.45, 2.75) is 74.3 Å². The Labute approximate surface area is 203 Å². The van der Waals surface area contributed by atoms with Crippen LogP contribution in [0.4, 0.5) is 14.3 Å². The van der Waals surface area contributed by atoms with E-state index in [0.717, 1.165) is 48.3 Å². The predicted molar refractivity (Wildman–Crippen MR) is 132 cm³/mol. The van der Waals surface area contributed by atoms with E-state index in [1.54, 1.807) is 32.2 Å². The van der Waals surface area contributed by atoms with E-state index in [1.807, 2.05) is 4.90 Å². The molecule has 0 bridgehead atoms. The van der Waals surface area contributed by atoms with E-state index in [4.69, 9.17) is 0 Å². The second-order valence-corrected chi connectivity index (χ2v) is 12.1. The highest BCUT2D eigenvalue weighted by atomic mass is 32.2. The van der Waals surface area contributed by atoms with Crippen molar-refractivity contribution in [1.82, 2.24) is 9.88 Å². The molecule has 0 aliphatic heterocycles. The van der Waals surface area contributed by atoms with E-state index in [1.165, 1.54) is 35.2 Å². The molecule has 6 nitrogen and oxygen atoms in total. The van der Waals surface area contributed by atoms with Gasteiger partial charge >= 0.3 is 12.0 Å². The normalized spacial score (nSPS) is 18.7. The number of aromatic nitrogens is 1. The summed E-state index contributed by atoms with van der Waals surface area (Å²) >= 11 is 2.50. The number of amides is 2. The average Bonchev–Trinajstić information content (AvgIpc) is 3.19. The second-order valence-electron chi connectivity index (χ2n) is 9.17. The van der Waals surface area contributed by atoms with Gasteiger partial charge in [-0.05, 0) is 76.0 Å². The van der Waals surface area contributed by atoms with Crippen molar-refractivity contribution < 1.29 is 19.1 Å². The SMILES string of the molecule is CC(C)(Sc1cnc(NC(=O)N(CCCc2ccc(F)cc2)[C@H]2CC[C@H](C)CC2)s1)C(=O)O. The highest BCUT2D eigenvalue weighted by molar-refractivity contribution is 8.03. The Kier molecular flexibility index (Phi) is 8.75. The number of benzene rings is 1. The predicted octanol–water partition coefficient (Wildman–Crippen LogP) is 6.28. The van der Waals surface area contributed by atoms with Gasteiger partial charge in [-0.2, -0.15) is 0 Å². The number of carbonyl (C=O) groups excluding carboxylic acids is 1. The largest absolute Gasteiger partial charge is 0.480 e. The van der Waals surface area contributed by atoms with Crippen LogP contribution in [0.3, 0.4) is 0 Å². The molecule has 0 spiro atoms. The molecule has 2 amide bonds. The van der Waals surface area contributed by atoms with Crippen molar-refractivity contribution in [3.8, 4) is 0 Å². The fourth-order valence-corrected chi connectivity index (χ4v) is 6.20. The van der Waals surface area contributed by atoms with E-state index < -0.39 is 10.7 Å². The van der Waals surface area contributed by atoms with Crippen molar-refractivity contribution in [3.05, 3.63) is 41.8 Å². The van der Waals surface area contributed by atoms with E-state index in [0.29, 0.717) is 17.6 Å². The van der Waals surface area contributed by atoms with Gasteiger partial charge in [-0.3, -0.25) is 10.1 Å². The lowest BCUT2D eigenvalue weighted by molar-refractivity contribution is -0.138. The minimum Gasteiger partial charge on any atom is -0.480 e. The summed E-state index contributed by atoms with van der Waals surface area (Å²) in [6.07, 6.45) is 7.35. The Hall–Kier alpha value is -2.13. The fraction of sp³-hybridized carbons (Fsp3) is 0.542. The molecule has 0 saturated heterocycles. The third-order valence-electron chi connectivity index (χ3n) is 6.03. The highest BCUT2D eigenvalue weighted by Gasteiger charge is 2.30. The van der Waals surface area contributed by atoms with Crippen LogP contribution < -0.4 is 5.32 Å². The number of urea groups is 1. The van der Waals surface area contributed by atoms with Crippen LogP contribution in [0.5, 0.6) is 0 Å². The van der Waals surface area contributed by atoms with Crippen molar-refractivity contribution in [1.29, 1.82) is 0 Å². The van der Waals surface area contributed by atoms with Gasteiger partial charge in [0.15, 0.2) is 5.13 Å². The molecule has 33 heavy (non-hydrogen) atoms. The number of thioether (sulfide) groups is 1. The van der Waals surface area contributed by atoms with Gasteiger partial charge in [-0.1, -0.05) is 42.2 Å². The number of nitrogens with one attached hydrogen (secondary N) is 1. The van der Waals surface area contributed by atoms with Gasteiger partial charge in [0.2, 0.25) is 0 Å². The maximum absolute atomic E-state index is 13.2. The number of aliphatic carboxylic acids is 1. The molecule has 1 heterocycles. The lowest BCUT2D eigenvalue weighted by Crippen LogP contribution is -2.45. The zero-order valence-corrected chi connectivity index (χ0v) is 21.0. The van der Waals surface area contributed by atoms with Gasteiger partial charge in [0.1, 0.15) is 10.6 Å². The molecule has 0 unspecified atom stereocenters. The molecule has 1 aromatic carbocycles. The first-order valence-corrected chi connectivity index (χ1v) is 13.0. The zero-order chi connectivity index (χ0) is 24.0. The van der Waals surface area contributed by atoms with Crippen molar-refractivity contribution >= 4 is 40.2 Å². The molecule has 180 valence electrons. The minimum atomic E-state index is -0.973. The number of thiazole rings is 1. The number of carbonyl (C=O) groups is 2. The lowest BCUT2D eigenvalue weighted by Gasteiger charge is -2.36. The van der Waals surface area contributed by atoms with Crippen molar-refractivity contribution in [2.75, 3.05) is 11.9 Å². The molecular formula is C24H32FN3O3S2. The van der Waals surface area contributed by atoms with Crippen LogP contribution in [-0.4, -0.2) is 44.3 Å². The van der Waals surface area contributed by atoms with Crippen LogP contribution in [0.2, 0.25) is 0 Å². The second kappa shape index (κ2) is 11.3. The quantitative estimate of drug-likeness (QED) is 0.402. The van der Waals surface area contributed by atoms with Crippen LogP contribution in [0, 0.1) is 11.7 Å². The third kappa shape index (κ3) is 7.43. The number of anilines is 1. The van der Waals surface area contributed by atoms with Crippen molar-refractivity contribution in [2.24, 2.45) is 5.92 Å². The zero-order valence-electron chi connectivity index (χ0n) is 19.3. The molecule has 2 aromatic rings. The van der Waals surface area contributed by atoms with Gasteiger partial charge in [-0.15, -0.1) is 0 Å². The van der Waals surface area contributed by atoms with Gasteiger partial charge in [0.05, 0.1) is 10.4 Å². The van der Waals surface area contributed by atoms with E-state index in [9.17, 15) is 19.1 Å². The molecule has 0 atom stereocenters. The van der Waals surface area contributed by atoms with E-state index in [-0.39, 0.29) is 17.9 Å². The van der Waals surface area contributed by atoms with Gasteiger partial charge in [0, 0.05) is 12.6 Å². The maximum atomic E-state index is 13.2. The molecule has 0 radical (unpaired) electrons. The van der Waals surface area contributed by atoms with Crippen LogP contribution in [0.25, 0.3) is 0 Å². The molecule has 1 aliphatic rings. The monoisotopic (exact) mass is 493 g/mol. The van der Waals surface area contributed by atoms with Crippen LogP contribution >= 0.6 is 23.1 Å². The first-order valence-electron chi connectivity index (χ1n) is 11.3. The molecule has 1 aliphatic carbocycles. The number of nitrogens with zero attached hydrogens (tertiary/aromatic N) is 2. The summed E-state index contributed by atoms with van der Waals surface area (Å²) in [6, 6.07) is 6.52. The number of halogens is 1. The first-order chi connectivity index (χ1) is 15.6. The van der Waals surface area contributed by atoms with Crippen LogP contribution in [0.1, 0.15) is 58.4 Å². The number of carboxylic acid groups (broad SMARTS) is 1. The third-order valence-corrected chi connectivity index (χ3v) is 8.23. The lowest BCUT2D eigenvalue weighted by atomic mass is 9.86. The fourth-order valence-electron chi connectivity index (χ4n) is 3.93. The molecular weight excluding hydrogens is 461 g/mol. The first kappa shape index (κ1) is 25.5. The molecule has 2 N–H and O–H groups in total. The Morgan fingerprint density at radius 1 is 1.24 bits per heavy atom. The van der Waals surface area contributed by atoms with Crippen molar-refractivity contribution in [3.63, 3.8) is 0 Å². The topological polar surface area (TPSA) is 82.5 Å². The van der Waals surface area contributed by atoms with Crippen LogP contribution in [0.15, 0.2) is 34.7 Å². The number of hydrogen-bond donors (Lipinski definition) is 2. The Balaban J connectivity index is 1.63. The summed E-state index contributed by atoms with van der Waals surface area (Å²) in [6.45, 7) is 6.15. The highest BCUT2D eigenvalue weighted by Crippen LogP contribution is 2.37. The molecule has 9 heteroatoms. The van der Waals surface area contributed by atoms with Crippen LogP contribution in [-0.2, 0) is 11.2 Å². The number of carboxylic acids is 1. The minimum absolute atomic E-state index is 0.169. The summed E-state index contributed by atoms with van der Waals surface area (Å²) < 4.78 is 12.9. The molecule has 3 rings (SSSR count). The van der Waals surface area contributed by atoms with Gasteiger partial charge in [0.25, 0.3) is 0 Å². The smallest absolute Gasteiger partial charge is 0.323 e. The summed E-state index contributed by atoms with van der Waals surface area (Å²) in [5, 5.41) is 12.7. The van der Waals surface area contributed by atoms with Gasteiger partial charge < -0.3 is 10.0 Å². The maximum Gasteiger partial charge on any atom is 0.323 e. The number of aryl methyl sites for hydroxylation is 1. The van der Waals surface area contributed by atoms with Gasteiger partial charge in [-0.25, -0.2) is 14.2 Å². The van der Waals surface area contributed by atoms with E-state index in [2.05, 4.69) is 17.2 Å². The summed E-state index contributed by atoms with van der Waals surface area (Å²) in [7, 11) is 0. The standard InChI is InChI=1S/C24H32FN3O3S2/c1-16-6-12-19(13-7-16)28(14-4-5-17-8-10-18(25)11-9-17)23(31)27-22-26-15-20(32-22)33-24(2,3)21(29)30/h8-11,15-16,19H,4-7,12-14H2,1-3H3,(H,29,30)(H,26,27,31)/t16-,19-. The Morgan fingerprint density at radius 2 is 1.91 bits per heavy atom. The number of rotatable bonds is 9. The molecule has 1 saturated carbocycles.